The Morgan fingerprint density at radius 2 is 2.13 bits per heavy atom. The minimum Gasteiger partial charge on any atom is -0.351 e. The van der Waals surface area contributed by atoms with Crippen LogP contribution >= 0.6 is 23.4 Å². The number of carbonyl (C=O) groups excluding carboxylic acids is 1. The van der Waals surface area contributed by atoms with E-state index in [1.807, 2.05) is 37.4 Å². The summed E-state index contributed by atoms with van der Waals surface area (Å²) in [6.07, 6.45) is 5.99. The monoisotopic (exact) mass is 351 g/mol. The van der Waals surface area contributed by atoms with E-state index in [0.717, 1.165) is 29.8 Å². The van der Waals surface area contributed by atoms with Crippen molar-refractivity contribution in [2.75, 3.05) is 5.75 Å². The molecule has 1 atom stereocenters. The van der Waals surface area contributed by atoms with Crippen molar-refractivity contribution in [1.82, 2.24) is 15.1 Å². The van der Waals surface area contributed by atoms with E-state index in [1.165, 1.54) is 0 Å². The second-order valence-electron chi connectivity index (χ2n) is 5.35. The van der Waals surface area contributed by atoms with Crippen LogP contribution in [0.5, 0.6) is 0 Å². The molecular weight excluding hydrogens is 330 g/mol. The Balaban J connectivity index is 1.84. The minimum atomic E-state index is -0.0205. The molecule has 1 amide bonds. The van der Waals surface area contributed by atoms with Gasteiger partial charge in [-0.1, -0.05) is 24.9 Å². The number of thioether (sulfide) groups is 1. The molecule has 1 heterocycles. The summed E-state index contributed by atoms with van der Waals surface area (Å²) >= 11 is 7.59. The molecular formula is C17H22ClN3OS. The quantitative estimate of drug-likeness (QED) is 0.729. The van der Waals surface area contributed by atoms with E-state index in [2.05, 4.69) is 17.3 Å². The van der Waals surface area contributed by atoms with E-state index >= 15 is 0 Å². The van der Waals surface area contributed by atoms with E-state index in [0.29, 0.717) is 11.6 Å². The van der Waals surface area contributed by atoms with Gasteiger partial charge in [-0.25, -0.2) is 4.68 Å². The fourth-order valence-electron chi connectivity index (χ4n) is 2.00. The van der Waals surface area contributed by atoms with Gasteiger partial charge in [0.1, 0.15) is 0 Å². The topological polar surface area (TPSA) is 46.9 Å². The van der Waals surface area contributed by atoms with Gasteiger partial charge in [-0.3, -0.25) is 4.79 Å². The van der Waals surface area contributed by atoms with Gasteiger partial charge in [-0.2, -0.15) is 5.10 Å². The molecule has 0 aliphatic carbocycles. The largest absolute Gasteiger partial charge is 0.351 e. The average Bonchev–Trinajstić information content (AvgIpc) is 3.02. The number of carbonyl (C=O) groups is 1. The van der Waals surface area contributed by atoms with Gasteiger partial charge in [0.15, 0.2) is 0 Å². The highest BCUT2D eigenvalue weighted by molar-refractivity contribution is 8.00. The molecule has 6 heteroatoms. The van der Waals surface area contributed by atoms with Crippen molar-refractivity contribution in [3.63, 3.8) is 0 Å². The van der Waals surface area contributed by atoms with Crippen LogP contribution in [-0.4, -0.2) is 26.7 Å². The van der Waals surface area contributed by atoms with E-state index in [4.69, 9.17) is 11.6 Å². The van der Waals surface area contributed by atoms with Gasteiger partial charge in [0.2, 0.25) is 5.91 Å². The third-order valence-electron chi connectivity index (χ3n) is 3.43. The first kappa shape index (κ1) is 17.9. The second-order valence-corrected chi connectivity index (χ2v) is 7.24. The normalized spacial score (nSPS) is 12.1. The van der Waals surface area contributed by atoms with E-state index < -0.39 is 0 Å². The summed E-state index contributed by atoms with van der Waals surface area (Å²) in [6.45, 7) is 4.60. The van der Waals surface area contributed by atoms with E-state index in [9.17, 15) is 4.79 Å². The Kier molecular flexibility index (Phi) is 6.99. The summed E-state index contributed by atoms with van der Waals surface area (Å²) in [4.78, 5) is 12.1. The number of aromatic nitrogens is 2. The van der Waals surface area contributed by atoms with E-state index in [1.54, 1.807) is 22.6 Å². The molecule has 0 spiro atoms. The Morgan fingerprint density at radius 3 is 2.83 bits per heavy atom. The fourth-order valence-corrected chi connectivity index (χ4v) is 3.17. The van der Waals surface area contributed by atoms with Crippen LogP contribution in [0.2, 0.25) is 5.02 Å². The standard InChI is InChI=1S/C17H22ClN3OS/c1-3-4-9-23-13(2)17(22)19-10-14-11-20-21(12-14)16-7-5-15(18)6-8-16/h5-8,11-13H,3-4,9-10H2,1-2H3,(H,19,22). The number of nitrogens with zero attached hydrogens (tertiary/aromatic N) is 2. The van der Waals surface area contributed by atoms with Crippen LogP contribution in [0.4, 0.5) is 0 Å². The van der Waals surface area contributed by atoms with Crippen molar-refractivity contribution >= 4 is 29.3 Å². The number of unbranched alkanes of at least 4 members (excludes halogenated alkanes) is 1. The predicted octanol–water partition coefficient (Wildman–Crippen LogP) is 4.06. The minimum absolute atomic E-state index is 0.0205. The van der Waals surface area contributed by atoms with Crippen LogP contribution in [0, 0.1) is 0 Å². The highest BCUT2D eigenvalue weighted by Crippen LogP contribution is 2.14. The maximum absolute atomic E-state index is 12.1. The van der Waals surface area contributed by atoms with Crippen LogP contribution in [0.1, 0.15) is 32.3 Å². The maximum Gasteiger partial charge on any atom is 0.233 e. The first-order chi connectivity index (χ1) is 11.1. The summed E-state index contributed by atoms with van der Waals surface area (Å²) in [5.41, 5.74) is 1.91. The third-order valence-corrected chi connectivity index (χ3v) is 4.92. The summed E-state index contributed by atoms with van der Waals surface area (Å²) in [6, 6.07) is 7.47. The molecule has 23 heavy (non-hydrogen) atoms. The van der Waals surface area contributed by atoms with Crippen LogP contribution in [0.3, 0.4) is 0 Å². The number of nitrogens with one attached hydrogen (secondary N) is 1. The molecule has 1 N–H and O–H groups in total. The number of rotatable bonds is 8. The van der Waals surface area contributed by atoms with Crippen molar-refractivity contribution in [3.05, 3.63) is 47.2 Å². The number of hydrogen-bond donors (Lipinski definition) is 1. The lowest BCUT2D eigenvalue weighted by atomic mass is 10.3. The lowest BCUT2D eigenvalue weighted by molar-refractivity contribution is -0.120. The zero-order valence-electron chi connectivity index (χ0n) is 13.5. The molecule has 2 aromatic rings. The summed E-state index contributed by atoms with van der Waals surface area (Å²) < 4.78 is 1.78. The molecule has 2 rings (SSSR count). The van der Waals surface area contributed by atoms with Crippen LogP contribution in [0.25, 0.3) is 5.69 Å². The zero-order chi connectivity index (χ0) is 16.7. The summed E-state index contributed by atoms with van der Waals surface area (Å²) in [7, 11) is 0. The molecule has 0 aliphatic rings. The van der Waals surface area contributed by atoms with Crippen LogP contribution in [-0.2, 0) is 11.3 Å². The van der Waals surface area contributed by atoms with Gasteiger partial charge >= 0.3 is 0 Å². The molecule has 1 unspecified atom stereocenters. The molecule has 0 bridgehead atoms. The fraction of sp³-hybridized carbons (Fsp3) is 0.412. The number of benzene rings is 1. The van der Waals surface area contributed by atoms with Gasteiger partial charge < -0.3 is 5.32 Å². The van der Waals surface area contributed by atoms with Crippen molar-refractivity contribution in [3.8, 4) is 5.69 Å². The smallest absolute Gasteiger partial charge is 0.233 e. The Morgan fingerprint density at radius 1 is 1.39 bits per heavy atom. The van der Waals surface area contributed by atoms with E-state index in [-0.39, 0.29) is 11.2 Å². The maximum atomic E-state index is 12.1. The Bertz CT molecular complexity index is 627. The lowest BCUT2D eigenvalue weighted by Gasteiger charge is -2.10. The van der Waals surface area contributed by atoms with Crippen molar-refractivity contribution in [2.45, 2.75) is 38.5 Å². The summed E-state index contributed by atoms with van der Waals surface area (Å²) in [5.74, 6) is 1.10. The van der Waals surface area contributed by atoms with Gasteiger partial charge in [-0.05, 0) is 43.4 Å². The molecule has 124 valence electrons. The number of hydrogen-bond acceptors (Lipinski definition) is 3. The first-order valence-corrected chi connectivity index (χ1v) is 9.21. The van der Waals surface area contributed by atoms with Crippen LogP contribution in [0.15, 0.2) is 36.7 Å². The molecule has 0 saturated carbocycles. The second kappa shape index (κ2) is 8.99. The van der Waals surface area contributed by atoms with Crippen molar-refractivity contribution < 1.29 is 4.79 Å². The summed E-state index contributed by atoms with van der Waals surface area (Å²) in [5, 5.41) is 7.96. The first-order valence-electron chi connectivity index (χ1n) is 7.79. The molecule has 0 radical (unpaired) electrons. The Hall–Kier alpha value is -1.46. The highest BCUT2D eigenvalue weighted by atomic mass is 35.5. The average molecular weight is 352 g/mol. The molecule has 0 aliphatic heterocycles. The molecule has 0 saturated heterocycles. The molecule has 1 aromatic carbocycles. The van der Waals surface area contributed by atoms with Crippen molar-refractivity contribution in [1.29, 1.82) is 0 Å². The lowest BCUT2D eigenvalue weighted by Crippen LogP contribution is -2.30. The molecule has 0 fully saturated rings. The van der Waals surface area contributed by atoms with Gasteiger partial charge in [0.25, 0.3) is 0 Å². The number of amides is 1. The van der Waals surface area contributed by atoms with Gasteiger partial charge in [-0.15, -0.1) is 11.8 Å². The third kappa shape index (κ3) is 5.59. The van der Waals surface area contributed by atoms with Crippen molar-refractivity contribution in [2.24, 2.45) is 0 Å². The van der Waals surface area contributed by atoms with Gasteiger partial charge in [0.05, 0.1) is 17.1 Å². The predicted molar refractivity (Wildman–Crippen MR) is 97.2 cm³/mol. The Labute approximate surface area is 146 Å². The number of halogens is 1. The van der Waals surface area contributed by atoms with Crippen LogP contribution < -0.4 is 5.32 Å². The zero-order valence-corrected chi connectivity index (χ0v) is 15.0. The highest BCUT2D eigenvalue weighted by Gasteiger charge is 2.12. The van der Waals surface area contributed by atoms with Gasteiger partial charge in [0, 0.05) is 23.3 Å². The molecule has 4 nitrogen and oxygen atoms in total. The SMILES string of the molecule is CCCCSC(C)C(=O)NCc1cnn(-c2ccc(Cl)cc2)c1. The molecule has 1 aromatic heterocycles.